The van der Waals surface area contributed by atoms with Crippen molar-refractivity contribution >= 4 is 17.7 Å². The topological polar surface area (TPSA) is 95.7 Å². The van der Waals surface area contributed by atoms with E-state index < -0.39 is 6.04 Å². The minimum absolute atomic E-state index is 0.0821. The molecule has 1 atom stereocenters. The van der Waals surface area contributed by atoms with Gasteiger partial charge in [0, 0.05) is 37.2 Å². The molecule has 7 heteroatoms. The summed E-state index contributed by atoms with van der Waals surface area (Å²) in [6.07, 6.45) is 3.97. The van der Waals surface area contributed by atoms with Crippen LogP contribution < -0.4 is 11.1 Å². The number of imide groups is 1. The van der Waals surface area contributed by atoms with Gasteiger partial charge in [-0.1, -0.05) is 12.1 Å². The van der Waals surface area contributed by atoms with Gasteiger partial charge in [-0.3, -0.25) is 19.7 Å². The summed E-state index contributed by atoms with van der Waals surface area (Å²) < 4.78 is 0. The summed E-state index contributed by atoms with van der Waals surface area (Å²) in [7, 11) is 2.06. The van der Waals surface area contributed by atoms with E-state index in [2.05, 4.69) is 17.3 Å². The van der Waals surface area contributed by atoms with Crippen LogP contribution in [-0.4, -0.2) is 52.7 Å². The van der Waals surface area contributed by atoms with Crippen molar-refractivity contribution in [1.29, 1.82) is 0 Å². The molecule has 2 aliphatic heterocycles. The summed E-state index contributed by atoms with van der Waals surface area (Å²) in [5.74, 6) is -0.770. The van der Waals surface area contributed by atoms with E-state index in [1.54, 1.807) is 4.90 Å². The molecule has 1 aromatic rings. The maximum atomic E-state index is 12.9. The normalized spacial score (nSPS) is 24.0. The second-order valence-corrected chi connectivity index (χ2v) is 8.23. The van der Waals surface area contributed by atoms with E-state index >= 15 is 0 Å². The number of hydrogen-bond acceptors (Lipinski definition) is 5. The Hall–Kier alpha value is -2.25. The molecule has 3 N–H and O–H groups in total. The van der Waals surface area contributed by atoms with E-state index in [-0.39, 0.29) is 29.7 Å². The molecule has 3 amide bonds. The van der Waals surface area contributed by atoms with Gasteiger partial charge >= 0.3 is 0 Å². The molecule has 1 aliphatic carbocycles. The highest BCUT2D eigenvalue weighted by molar-refractivity contribution is 6.05. The average molecular weight is 370 g/mol. The minimum Gasteiger partial charge on any atom is -0.324 e. The Morgan fingerprint density at radius 1 is 1.30 bits per heavy atom. The van der Waals surface area contributed by atoms with Gasteiger partial charge in [-0.15, -0.1) is 0 Å². The van der Waals surface area contributed by atoms with Gasteiger partial charge in [0.05, 0.1) is 0 Å². The monoisotopic (exact) mass is 370 g/mol. The fraction of sp³-hybridized carbons (Fsp3) is 0.550. The Morgan fingerprint density at radius 2 is 2.07 bits per heavy atom. The number of piperidine rings is 1. The maximum Gasteiger partial charge on any atom is 0.255 e. The highest BCUT2D eigenvalue weighted by Gasteiger charge is 2.40. The second kappa shape index (κ2) is 6.73. The fourth-order valence-corrected chi connectivity index (χ4v) is 4.47. The van der Waals surface area contributed by atoms with Crippen molar-refractivity contribution in [3.63, 3.8) is 0 Å². The minimum atomic E-state index is -0.574. The van der Waals surface area contributed by atoms with Crippen LogP contribution in [0.2, 0.25) is 0 Å². The predicted octanol–water partition coefficient (Wildman–Crippen LogP) is 0.761. The fourth-order valence-electron chi connectivity index (χ4n) is 4.47. The maximum absolute atomic E-state index is 12.9. The molecular weight excluding hydrogens is 344 g/mol. The second-order valence-electron chi connectivity index (χ2n) is 8.23. The number of fused-ring (bicyclic) bond motifs is 1. The summed E-state index contributed by atoms with van der Waals surface area (Å²) in [5, 5.41) is 2.35. The van der Waals surface area contributed by atoms with Crippen molar-refractivity contribution in [1.82, 2.24) is 15.1 Å². The SMILES string of the molecule is CN(Cc1cccc2c1CN(C1CCC(=O)NC1=O)C2=O)CC1(N)CCC1. The summed E-state index contributed by atoms with van der Waals surface area (Å²) in [4.78, 5) is 40.3. The van der Waals surface area contributed by atoms with Crippen molar-refractivity contribution in [2.24, 2.45) is 5.73 Å². The summed E-state index contributed by atoms with van der Waals surface area (Å²) in [5.41, 5.74) is 9.03. The first kappa shape index (κ1) is 18.1. The van der Waals surface area contributed by atoms with E-state index in [4.69, 9.17) is 5.73 Å². The quantitative estimate of drug-likeness (QED) is 0.746. The number of nitrogens with zero attached hydrogens (tertiary/aromatic N) is 2. The van der Waals surface area contributed by atoms with Crippen LogP contribution in [0.25, 0.3) is 0 Å². The number of carbonyl (C=O) groups excluding carboxylic acids is 3. The number of nitrogens with two attached hydrogens (primary N) is 1. The molecule has 0 radical (unpaired) electrons. The zero-order valence-electron chi connectivity index (χ0n) is 15.7. The van der Waals surface area contributed by atoms with E-state index in [0.717, 1.165) is 37.1 Å². The summed E-state index contributed by atoms with van der Waals surface area (Å²) >= 11 is 0. The van der Waals surface area contributed by atoms with E-state index in [9.17, 15) is 14.4 Å². The van der Waals surface area contributed by atoms with Gasteiger partial charge in [0.1, 0.15) is 6.04 Å². The molecule has 2 fully saturated rings. The first-order valence-corrected chi connectivity index (χ1v) is 9.59. The molecule has 144 valence electrons. The van der Waals surface area contributed by atoms with Crippen LogP contribution in [0.3, 0.4) is 0 Å². The molecule has 0 spiro atoms. The lowest BCUT2D eigenvalue weighted by Gasteiger charge is -2.41. The first-order valence-electron chi connectivity index (χ1n) is 9.59. The summed E-state index contributed by atoms with van der Waals surface area (Å²) in [6, 6.07) is 5.19. The number of likely N-dealkylation sites (N-methyl/N-ethyl adjacent to an activating group) is 1. The third-order valence-electron chi connectivity index (χ3n) is 6.05. The number of nitrogens with one attached hydrogen (secondary N) is 1. The van der Waals surface area contributed by atoms with Crippen LogP contribution in [0.1, 0.15) is 53.6 Å². The standard InChI is InChI=1S/C20H26N4O3/c1-23(12-20(21)8-3-9-20)10-13-4-2-5-14-15(13)11-24(19(14)27)16-6-7-17(25)22-18(16)26/h2,4-5,16H,3,6-12,21H2,1H3,(H,22,25,26). The number of amides is 3. The van der Waals surface area contributed by atoms with Gasteiger partial charge in [-0.2, -0.15) is 0 Å². The number of carbonyl (C=O) groups is 3. The number of rotatable bonds is 5. The molecule has 27 heavy (non-hydrogen) atoms. The Balaban J connectivity index is 1.50. The van der Waals surface area contributed by atoms with Gasteiger partial charge < -0.3 is 15.5 Å². The average Bonchev–Trinajstić information content (AvgIpc) is 2.91. The molecule has 3 aliphatic rings. The van der Waals surface area contributed by atoms with Gasteiger partial charge in [-0.25, -0.2) is 0 Å². The Kier molecular flexibility index (Phi) is 4.52. The summed E-state index contributed by atoms with van der Waals surface area (Å²) in [6.45, 7) is 1.97. The van der Waals surface area contributed by atoms with Crippen LogP contribution in [0.4, 0.5) is 0 Å². The third kappa shape index (κ3) is 3.37. The molecule has 0 aromatic heterocycles. The van der Waals surface area contributed by atoms with Crippen LogP contribution in [-0.2, 0) is 22.7 Å². The van der Waals surface area contributed by atoms with Gasteiger partial charge in [0.15, 0.2) is 0 Å². The van der Waals surface area contributed by atoms with Crippen molar-refractivity contribution < 1.29 is 14.4 Å². The molecule has 0 bridgehead atoms. The molecule has 1 unspecified atom stereocenters. The smallest absolute Gasteiger partial charge is 0.255 e. The Labute approximate surface area is 158 Å². The molecule has 4 rings (SSSR count). The highest BCUT2D eigenvalue weighted by Crippen LogP contribution is 2.32. The van der Waals surface area contributed by atoms with E-state index in [1.165, 1.54) is 6.42 Å². The van der Waals surface area contributed by atoms with Crippen molar-refractivity contribution in [3.05, 3.63) is 34.9 Å². The van der Waals surface area contributed by atoms with Crippen LogP contribution in [0.15, 0.2) is 18.2 Å². The lowest BCUT2D eigenvalue weighted by Crippen LogP contribution is -2.54. The van der Waals surface area contributed by atoms with Gasteiger partial charge in [0.25, 0.3) is 5.91 Å². The lowest BCUT2D eigenvalue weighted by atomic mass is 9.77. The predicted molar refractivity (Wildman–Crippen MR) is 99.6 cm³/mol. The van der Waals surface area contributed by atoms with E-state index in [1.807, 2.05) is 18.2 Å². The molecule has 1 aromatic carbocycles. The lowest BCUT2D eigenvalue weighted by molar-refractivity contribution is -0.136. The highest BCUT2D eigenvalue weighted by atomic mass is 16.2. The number of hydrogen-bond donors (Lipinski definition) is 2. The Bertz CT molecular complexity index is 802. The van der Waals surface area contributed by atoms with Crippen molar-refractivity contribution in [3.8, 4) is 0 Å². The van der Waals surface area contributed by atoms with Crippen LogP contribution >= 0.6 is 0 Å². The molecule has 1 saturated carbocycles. The van der Waals surface area contributed by atoms with Crippen LogP contribution in [0, 0.1) is 0 Å². The van der Waals surface area contributed by atoms with E-state index in [0.29, 0.717) is 18.5 Å². The zero-order chi connectivity index (χ0) is 19.2. The molecular formula is C20H26N4O3. The molecule has 2 heterocycles. The largest absolute Gasteiger partial charge is 0.324 e. The van der Waals surface area contributed by atoms with Gasteiger partial charge in [0.2, 0.25) is 11.8 Å². The third-order valence-corrected chi connectivity index (χ3v) is 6.05. The van der Waals surface area contributed by atoms with Gasteiger partial charge in [-0.05, 0) is 49.9 Å². The Morgan fingerprint density at radius 3 is 2.74 bits per heavy atom. The first-order chi connectivity index (χ1) is 12.9. The van der Waals surface area contributed by atoms with Crippen molar-refractivity contribution in [2.75, 3.05) is 13.6 Å². The zero-order valence-corrected chi connectivity index (χ0v) is 15.7. The molecule has 7 nitrogen and oxygen atoms in total. The molecule has 1 saturated heterocycles. The van der Waals surface area contributed by atoms with Crippen molar-refractivity contribution in [2.45, 2.75) is 56.8 Å². The van der Waals surface area contributed by atoms with Crippen LogP contribution in [0.5, 0.6) is 0 Å². The number of benzene rings is 1.